The lowest BCUT2D eigenvalue weighted by Gasteiger charge is -2.19. The summed E-state index contributed by atoms with van der Waals surface area (Å²) >= 11 is 0. The molecule has 0 radical (unpaired) electrons. The number of esters is 1. The molecule has 1 amide bonds. The molecule has 3 aromatic rings. The highest BCUT2D eigenvalue weighted by Crippen LogP contribution is 2.09. The zero-order valence-corrected chi connectivity index (χ0v) is 14.5. The fourth-order valence-corrected chi connectivity index (χ4v) is 2.40. The highest BCUT2D eigenvalue weighted by molar-refractivity contribution is 5.96. The van der Waals surface area contributed by atoms with Crippen LogP contribution in [0.1, 0.15) is 24.3 Å². The number of nitrogens with one attached hydrogen (secondary N) is 1. The normalized spacial score (nSPS) is 12.1. The standard InChI is InChI=1S/C18H19N5O3/c1-12(2)26-18(25)16(10-23-8-7-19-11-23)22-17(24)15-9-20-13-5-3-4-6-14(13)21-15/h3-9,11-12,16H,10H2,1-2H3,(H,22,24)/t16-/m0/s1. The summed E-state index contributed by atoms with van der Waals surface area (Å²) < 4.78 is 6.94. The Labute approximate surface area is 150 Å². The number of hydrogen-bond acceptors (Lipinski definition) is 6. The summed E-state index contributed by atoms with van der Waals surface area (Å²) in [4.78, 5) is 37.4. The molecule has 0 spiro atoms. The van der Waals surface area contributed by atoms with E-state index >= 15 is 0 Å². The number of ether oxygens (including phenoxy) is 1. The number of fused-ring (bicyclic) bond motifs is 1. The zero-order valence-electron chi connectivity index (χ0n) is 14.5. The van der Waals surface area contributed by atoms with Gasteiger partial charge in [-0.05, 0) is 26.0 Å². The molecule has 0 unspecified atom stereocenters. The van der Waals surface area contributed by atoms with Gasteiger partial charge in [-0.3, -0.25) is 9.78 Å². The number of carbonyl (C=O) groups excluding carboxylic acids is 2. The van der Waals surface area contributed by atoms with Gasteiger partial charge in [0.1, 0.15) is 11.7 Å². The summed E-state index contributed by atoms with van der Waals surface area (Å²) in [6.45, 7) is 3.71. The average Bonchev–Trinajstić information content (AvgIpc) is 3.13. The van der Waals surface area contributed by atoms with E-state index in [0.717, 1.165) is 0 Å². The van der Waals surface area contributed by atoms with E-state index in [0.29, 0.717) is 11.0 Å². The van der Waals surface area contributed by atoms with E-state index in [2.05, 4.69) is 20.3 Å². The Morgan fingerprint density at radius 1 is 1.23 bits per heavy atom. The van der Waals surface area contributed by atoms with Gasteiger partial charge < -0.3 is 14.6 Å². The van der Waals surface area contributed by atoms with E-state index in [4.69, 9.17) is 4.74 Å². The minimum Gasteiger partial charge on any atom is -0.461 e. The van der Waals surface area contributed by atoms with Crippen LogP contribution in [0.3, 0.4) is 0 Å². The molecule has 2 heterocycles. The summed E-state index contributed by atoms with van der Waals surface area (Å²) in [5.74, 6) is -1.01. The van der Waals surface area contributed by atoms with Crippen molar-refractivity contribution in [2.75, 3.05) is 0 Å². The minimum absolute atomic E-state index is 0.136. The van der Waals surface area contributed by atoms with Crippen molar-refractivity contribution in [2.24, 2.45) is 0 Å². The van der Waals surface area contributed by atoms with Crippen molar-refractivity contribution in [3.63, 3.8) is 0 Å². The van der Waals surface area contributed by atoms with Gasteiger partial charge in [-0.2, -0.15) is 0 Å². The van der Waals surface area contributed by atoms with Crippen molar-refractivity contribution >= 4 is 22.9 Å². The zero-order chi connectivity index (χ0) is 18.5. The van der Waals surface area contributed by atoms with Crippen LogP contribution < -0.4 is 5.32 Å². The van der Waals surface area contributed by atoms with Crippen LogP contribution in [0.4, 0.5) is 0 Å². The fraction of sp³-hybridized carbons (Fsp3) is 0.278. The molecule has 0 saturated carbocycles. The number of benzene rings is 1. The second-order valence-electron chi connectivity index (χ2n) is 6.02. The van der Waals surface area contributed by atoms with Crippen molar-refractivity contribution in [3.05, 3.63) is 54.9 Å². The van der Waals surface area contributed by atoms with Crippen molar-refractivity contribution in [1.82, 2.24) is 24.8 Å². The highest BCUT2D eigenvalue weighted by Gasteiger charge is 2.25. The molecule has 0 fully saturated rings. The van der Waals surface area contributed by atoms with Crippen LogP contribution in [0.25, 0.3) is 11.0 Å². The molecule has 0 saturated heterocycles. The Kier molecular flexibility index (Phi) is 5.21. The van der Waals surface area contributed by atoms with E-state index in [9.17, 15) is 9.59 Å². The van der Waals surface area contributed by atoms with Gasteiger partial charge in [-0.1, -0.05) is 12.1 Å². The van der Waals surface area contributed by atoms with Gasteiger partial charge in [0.15, 0.2) is 0 Å². The minimum atomic E-state index is -0.868. The third kappa shape index (κ3) is 4.21. The molecule has 0 aliphatic heterocycles. The first-order chi connectivity index (χ1) is 12.5. The van der Waals surface area contributed by atoms with Gasteiger partial charge >= 0.3 is 5.97 Å². The molecule has 134 valence electrons. The van der Waals surface area contributed by atoms with Crippen molar-refractivity contribution in [3.8, 4) is 0 Å². The summed E-state index contributed by atoms with van der Waals surface area (Å²) in [5.41, 5.74) is 1.44. The number of amides is 1. The molecule has 3 rings (SSSR count). The predicted molar refractivity (Wildman–Crippen MR) is 94.2 cm³/mol. The SMILES string of the molecule is CC(C)OC(=O)[C@H](Cn1ccnc1)NC(=O)c1cnc2ccccc2n1. The first kappa shape index (κ1) is 17.5. The second-order valence-corrected chi connectivity index (χ2v) is 6.02. The Morgan fingerprint density at radius 2 is 2.00 bits per heavy atom. The van der Waals surface area contributed by atoms with Crippen LogP contribution in [0, 0.1) is 0 Å². The van der Waals surface area contributed by atoms with E-state index in [1.54, 1.807) is 43.2 Å². The maximum Gasteiger partial charge on any atom is 0.330 e. The molecule has 1 aromatic carbocycles. The van der Waals surface area contributed by atoms with Gasteiger partial charge in [0, 0.05) is 12.4 Å². The van der Waals surface area contributed by atoms with E-state index in [1.807, 2.05) is 18.2 Å². The molecule has 0 bridgehead atoms. The Balaban J connectivity index is 1.79. The van der Waals surface area contributed by atoms with Gasteiger partial charge in [0.25, 0.3) is 5.91 Å². The van der Waals surface area contributed by atoms with Crippen LogP contribution in [-0.4, -0.2) is 43.5 Å². The lowest BCUT2D eigenvalue weighted by atomic mass is 10.2. The first-order valence-electron chi connectivity index (χ1n) is 8.22. The second kappa shape index (κ2) is 7.73. The number of para-hydroxylation sites is 2. The van der Waals surface area contributed by atoms with E-state index in [-0.39, 0.29) is 18.3 Å². The Morgan fingerprint density at radius 3 is 2.69 bits per heavy atom. The summed E-state index contributed by atoms with van der Waals surface area (Å²) in [6.07, 6.45) is 5.97. The maximum absolute atomic E-state index is 12.6. The quantitative estimate of drug-likeness (QED) is 0.676. The largest absolute Gasteiger partial charge is 0.461 e. The monoisotopic (exact) mass is 353 g/mol. The molecule has 0 aliphatic rings. The van der Waals surface area contributed by atoms with Crippen LogP contribution in [0.5, 0.6) is 0 Å². The fourth-order valence-electron chi connectivity index (χ4n) is 2.40. The van der Waals surface area contributed by atoms with Crippen molar-refractivity contribution in [1.29, 1.82) is 0 Å². The van der Waals surface area contributed by atoms with E-state index in [1.165, 1.54) is 6.20 Å². The van der Waals surface area contributed by atoms with Crippen LogP contribution in [0.2, 0.25) is 0 Å². The topological polar surface area (TPSA) is 99.0 Å². The predicted octanol–water partition coefficient (Wildman–Crippen LogP) is 1.58. The molecular weight excluding hydrogens is 334 g/mol. The van der Waals surface area contributed by atoms with Crippen molar-refractivity contribution < 1.29 is 14.3 Å². The van der Waals surface area contributed by atoms with Gasteiger partial charge in [-0.25, -0.2) is 14.8 Å². The lowest BCUT2D eigenvalue weighted by Crippen LogP contribution is -2.45. The van der Waals surface area contributed by atoms with Crippen LogP contribution in [0.15, 0.2) is 49.2 Å². The number of aromatic nitrogens is 4. The molecule has 26 heavy (non-hydrogen) atoms. The lowest BCUT2D eigenvalue weighted by molar-refractivity contribution is -0.150. The molecular formula is C18H19N5O3. The Bertz CT molecular complexity index is 908. The smallest absolute Gasteiger partial charge is 0.330 e. The number of rotatable bonds is 6. The maximum atomic E-state index is 12.6. The average molecular weight is 353 g/mol. The molecule has 1 N–H and O–H groups in total. The number of hydrogen-bond donors (Lipinski definition) is 1. The number of imidazole rings is 1. The van der Waals surface area contributed by atoms with E-state index < -0.39 is 17.9 Å². The third-order valence-electron chi connectivity index (χ3n) is 3.58. The molecule has 8 nitrogen and oxygen atoms in total. The molecule has 8 heteroatoms. The van der Waals surface area contributed by atoms with Gasteiger partial charge in [-0.15, -0.1) is 0 Å². The number of carbonyl (C=O) groups is 2. The highest BCUT2D eigenvalue weighted by atomic mass is 16.5. The summed E-state index contributed by atoms with van der Waals surface area (Å²) in [7, 11) is 0. The summed E-state index contributed by atoms with van der Waals surface area (Å²) in [5, 5.41) is 2.68. The summed E-state index contributed by atoms with van der Waals surface area (Å²) in [6, 6.07) is 6.38. The molecule has 2 aromatic heterocycles. The van der Waals surface area contributed by atoms with Crippen LogP contribution in [-0.2, 0) is 16.1 Å². The van der Waals surface area contributed by atoms with Crippen molar-refractivity contribution in [2.45, 2.75) is 32.5 Å². The van der Waals surface area contributed by atoms with Gasteiger partial charge in [0.2, 0.25) is 0 Å². The first-order valence-corrected chi connectivity index (χ1v) is 8.22. The molecule has 0 aliphatic carbocycles. The van der Waals surface area contributed by atoms with Gasteiger partial charge in [0.05, 0.1) is 36.2 Å². The molecule has 1 atom stereocenters. The third-order valence-corrected chi connectivity index (χ3v) is 3.58. The Hall–Kier alpha value is -3.29. The van der Waals surface area contributed by atoms with Crippen LogP contribution >= 0.6 is 0 Å². The number of nitrogens with zero attached hydrogens (tertiary/aromatic N) is 4.